The van der Waals surface area contributed by atoms with Gasteiger partial charge >= 0.3 is 5.69 Å². The Labute approximate surface area is 108 Å². The van der Waals surface area contributed by atoms with Crippen LogP contribution in [0.4, 0.5) is 0 Å². The fraction of sp³-hybridized carbons (Fsp3) is 0.769. The molecular weight excluding hydrogens is 228 g/mol. The molecule has 18 heavy (non-hydrogen) atoms. The van der Waals surface area contributed by atoms with Crippen LogP contribution in [0, 0.1) is 0 Å². The van der Waals surface area contributed by atoms with Crippen molar-refractivity contribution in [1.29, 1.82) is 0 Å². The molecule has 1 saturated heterocycles. The Morgan fingerprint density at radius 1 is 1.39 bits per heavy atom. The monoisotopic (exact) mass is 252 g/mol. The van der Waals surface area contributed by atoms with Crippen LogP contribution in [0.2, 0.25) is 0 Å². The van der Waals surface area contributed by atoms with Crippen LogP contribution in [0.1, 0.15) is 20.3 Å². The number of aromatic amines is 1. The van der Waals surface area contributed by atoms with E-state index in [1.54, 1.807) is 10.8 Å². The van der Waals surface area contributed by atoms with Crippen LogP contribution in [0.25, 0.3) is 0 Å². The molecule has 0 aliphatic carbocycles. The van der Waals surface area contributed by atoms with Gasteiger partial charge in [0.05, 0.1) is 0 Å². The van der Waals surface area contributed by atoms with Gasteiger partial charge in [0.2, 0.25) is 0 Å². The molecule has 1 aromatic rings. The Bertz CT molecular complexity index is 407. The lowest BCUT2D eigenvalue weighted by Gasteiger charge is -2.26. The highest BCUT2D eigenvalue weighted by atomic mass is 16.1. The summed E-state index contributed by atoms with van der Waals surface area (Å²) in [6, 6.07) is 0.697. The maximum Gasteiger partial charge on any atom is 0.325 e. The quantitative estimate of drug-likeness (QED) is 0.806. The minimum Gasteiger partial charge on any atom is -0.313 e. The van der Waals surface area contributed by atoms with Crippen molar-refractivity contribution < 1.29 is 0 Å². The fourth-order valence-corrected chi connectivity index (χ4v) is 2.83. The van der Waals surface area contributed by atoms with Gasteiger partial charge in [-0.15, -0.1) is 0 Å². The molecule has 2 heterocycles. The van der Waals surface area contributed by atoms with Crippen LogP contribution in [-0.4, -0.2) is 58.1 Å². The number of hydrogen-bond acceptors (Lipinski definition) is 3. The number of nitrogens with zero attached hydrogens (tertiary/aromatic N) is 3. The number of imidazole rings is 1. The van der Waals surface area contributed by atoms with E-state index < -0.39 is 0 Å². The van der Waals surface area contributed by atoms with Crippen molar-refractivity contribution in [3.8, 4) is 0 Å². The smallest absolute Gasteiger partial charge is 0.313 e. The van der Waals surface area contributed by atoms with E-state index in [0.29, 0.717) is 6.04 Å². The lowest BCUT2D eigenvalue weighted by molar-refractivity contribution is 0.209. The summed E-state index contributed by atoms with van der Waals surface area (Å²) in [6.45, 7) is 10.8. The predicted octanol–water partition coefficient (Wildman–Crippen LogP) is 0.592. The third-order valence-corrected chi connectivity index (χ3v) is 3.96. The Kier molecular flexibility index (Phi) is 4.60. The van der Waals surface area contributed by atoms with E-state index >= 15 is 0 Å². The number of H-pyrrole nitrogens is 1. The van der Waals surface area contributed by atoms with Gasteiger partial charge in [0, 0.05) is 38.1 Å². The minimum absolute atomic E-state index is 0.00510. The second-order valence-electron chi connectivity index (χ2n) is 4.92. The molecule has 0 spiro atoms. The highest BCUT2D eigenvalue weighted by Crippen LogP contribution is 2.14. The number of aromatic nitrogens is 2. The summed E-state index contributed by atoms with van der Waals surface area (Å²) in [6.07, 6.45) is 4.77. The third-order valence-electron chi connectivity index (χ3n) is 3.96. The molecule has 0 amide bonds. The fourth-order valence-electron chi connectivity index (χ4n) is 2.83. The number of likely N-dealkylation sites (N-methyl/N-ethyl adjacent to an activating group) is 1. The summed E-state index contributed by atoms with van der Waals surface area (Å²) in [5, 5.41) is 0. The van der Waals surface area contributed by atoms with Crippen molar-refractivity contribution >= 4 is 0 Å². The Morgan fingerprint density at radius 2 is 2.17 bits per heavy atom. The van der Waals surface area contributed by atoms with Gasteiger partial charge in [-0.1, -0.05) is 13.8 Å². The van der Waals surface area contributed by atoms with E-state index in [2.05, 4.69) is 28.6 Å². The van der Waals surface area contributed by atoms with Crippen molar-refractivity contribution in [1.82, 2.24) is 19.4 Å². The van der Waals surface area contributed by atoms with Gasteiger partial charge in [0.1, 0.15) is 0 Å². The molecule has 1 aliphatic rings. The molecule has 0 aromatic carbocycles. The molecule has 1 unspecified atom stereocenters. The van der Waals surface area contributed by atoms with E-state index in [1.165, 1.54) is 6.42 Å². The Morgan fingerprint density at radius 3 is 2.78 bits per heavy atom. The van der Waals surface area contributed by atoms with Gasteiger partial charge in [-0.3, -0.25) is 14.4 Å². The van der Waals surface area contributed by atoms with E-state index in [1.807, 2.05) is 6.20 Å². The summed E-state index contributed by atoms with van der Waals surface area (Å²) < 4.78 is 1.74. The van der Waals surface area contributed by atoms with E-state index in [-0.39, 0.29) is 5.69 Å². The normalized spacial score (nSPS) is 20.9. The average Bonchev–Trinajstić information content (AvgIpc) is 2.98. The molecule has 5 heteroatoms. The summed E-state index contributed by atoms with van der Waals surface area (Å²) >= 11 is 0. The van der Waals surface area contributed by atoms with Crippen molar-refractivity contribution in [2.75, 3.05) is 32.7 Å². The molecule has 1 aliphatic heterocycles. The van der Waals surface area contributed by atoms with Crippen LogP contribution in [0.5, 0.6) is 0 Å². The van der Waals surface area contributed by atoms with Crippen LogP contribution >= 0.6 is 0 Å². The zero-order valence-corrected chi connectivity index (χ0v) is 11.4. The third kappa shape index (κ3) is 3.03. The van der Waals surface area contributed by atoms with Crippen LogP contribution in [0.3, 0.4) is 0 Å². The molecule has 1 fully saturated rings. The van der Waals surface area contributed by atoms with Gasteiger partial charge < -0.3 is 4.98 Å². The first-order valence-corrected chi connectivity index (χ1v) is 6.94. The average molecular weight is 252 g/mol. The highest BCUT2D eigenvalue weighted by molar-refractivity contribution is 4.83. The summed E-state index contributed by atoms with van der Waals surface area (Å²) in [5.74, 6) is 0. The summed E-state index contributed by atoms with van der Waals surface area (Å²) in [7, 11) is 0. The predicted molar refractivity (Wildman–Crippen MR) is 72.8 cm³/mol. The number of nitrogens with one attached hydrogen (secondary N) is 1. The van der Waals surface area contributed by atoms with Gasteiger partial charge in [-0.2, -0.15) is 0 Å². The van der Waals surface area contributed by atoms with Crippen LogP contribution in [-0.2, 0) is 6.54 Å². The van der Waals surface area contributed by atoms with E-state index in [9.17, 15) is 4.79 Å². The van der Waals surface area contributed by atoms with Gasteiger partial charge in [0.15, 0.2) is 0 Å². The molecule has 0 bridgehead atoms. The Hall–Kier alpha value is -1.07. The molecule has 1 aromatic heterocycles. The maximum absolute atomic E-state index is 11.4. The number of hydrogen-bond donors (Lipinski definition) is 1. The van der Waals surface area contributed by atoms with Crippen molar-refractivity contribution in [3.63, 3.8) is 0 Å². The second-order valence-corrected chi connectivity index (χ2v) is 4.92. The minimum atomic E-state index is -0.00510. The molecule has 1 N–H and O–H groups in total. The number of rotatable bonds is 6. The molecule has 5 nitrogen and oxygen atoms in total. The molecule has 102 valence electrons. The van der Waals surface area contributed by atoms with E-state index in [0.717, 1.165) is 39.3 Å². The molecule has 1 atom stereocenters. The summed E-state index contributed by atoms with van der Waals surface area (Å²) in [4.78, 5) is 19.0. The molecule has 0 radical (unpaired) electrons. The Balaban J connectivity index is 1.79. The first-order chi connectivity index (χ1) is 8.74. The second kappa shape index (κ2) is 6.20. The van der Waals surface area contributed by atoms with Crippen molar-refractivity contribution in [2.45, 2.75) is 32.9 Å². The van der Waals surface area contributed by atoms with Gasteiger partial charge in [0.25, 0.3) is 0 Å². The molecule has 2 rings (SSSR count). The SMILES string of the molecule is CCN(CC)C1CCN(CCn2cc[nH]c2=O)C1. The van der Waals surface area contributed by atoms with Gasteiger partial charge in [-0.25, -0.2) is 4.79 Å². The molecular formula is C13H24N4O. The first kappa shape index (κ1) is 13.4. The van der Waals surface area contributed by atoms with Crippen LogP contribution < -0.4 is 5.69 Å². The first-order valence-electron chi connectivity index (χ1n) is 6.94. The molecule has 0 saturated carbocycles. The van der Waals surface area contributed by atoms with Crippen LogP contribution in [0.15, 0.2) is 17.2 Å². The maximum atomic E-state index is 11.4. The lowest BCUT2D eigenvalue weighted by atomic mass is 10.2. The largest absolute Gasteiger partial charge is 0.325 e. The summed E-state index contributed by atoms with van der Waals surface area (Å²) in [5.41, 5.74) is -0.00510. The standard InChI is InChI=1S/C13H24N4O/c1-3-16(4-2)12-5-7-15(11-12)9-10-17-8-6-14-13(17)18/h6,8,12H,3-5,7,9-11H2,1-2H3,(H,14,18). The van der Waals surface area contributed by atoms with Crippen molar-refractivity contribution in [3.05, 3.63) is 22.9 Å². The zero-order valence-electron chi connectivity index (χ0n) is 11.4. The number of likely N-dealkylation sites (tertiary alicyclic amines) is 1. The lowest BCUT2D eigenvalue weighted by Crippen LogP contribution is -2.38. The van der Waals surface area contributed by atoms with E-state index in [4.69, 9.17) is 0 Å². The highest BCUT2D eigenvalue weighted by Gasteiger charge is 2.25. The van der Waals surface area contributed by atoms with Gasteiger partial charge in [-0.05, 0) is 26.1 Å². The topological polar surface area (TPSA) is 44.3 Å². The zero-order chi connectivity index (χ0) is 13.0. The van der Waals surface area contributed by atoms with Crippen molar-refractivity contribution in [2.24, 2.45) is 0 Å².